The maximum absolute atomic E-state index is 12.5. The molecule has 0 bridgehead atoms. The van der Waals surface area contributed by atoms with Gasteiger partial charge in [-0.05, 0) is 45.0 Å². The highest BCUT2D eigenvalue weighted by Gasteiger charge is 2.20. The van der Waals surface area contributed by atoms with Crippen LogP contribution in [0.3, 0.4) is 0 Å². The first-order valence-corrected chi connectivity index (χ1v) is 8.91. The van der Waals surface area contributed by atoms with Crippen molar-refractivity contribution >= 4 is 5.91 Å². The molecule has 3 rings (SSSR count). The molecule has 1 amide bonds. The topological polar surface area (TPSA) is 91.4 Å². The average molecular weight is 384 g/mol. The summed E-state index contributed by atoms with van der Waals surface area (Å²) >= 11 is 0. The first kappa shape index (κ1) is 19.5. The predicted molar refractivity (Wildman–Crippen MR) is 102 cm³/mol. The van der Waals surface area contributed by atoms with Gasteiger partial charge in [-0.15, -0.1) is 0 Å². The Morgan fingerprint density at radius 3 is 2.54 bits per heavy atom. The van der Waals surface area contributed by atoms with Gasteiger partial charge in [-0.25, -0.2) is 4.98 Å². The number of amides is 1. The standard InChI is InChI=1S/C20H24N4O4/c1-12(19-13(2)23-24(4)14(19)3)21-20(25)17-10-28-18(22-17)11-27-16-8-6-15(26-5)7-9-16/h6-10,12H,11H2,1-5H3,(H,21,25). The monoisotopic (exact) mass is 384 g/mol. The number of aryl methyl sites for hydroxylation is 2. The predicted octanol–water partition coefficient (Wildman–Crippen LogP) is 3.10. The molecule has 148 valence electrons. The molecule has 1 N–H and O–H groups in total. The van der Waals surface area contributed by atoms with Gasteiger partial charge < -0.3 is 19.2 Å². The number of aromatic nitrogens is 3. The van der Waals surface area contributed by atoms with Crippen LogP contribution < -0.4 is 14.8 Å². The molecule has 0 saturated carbocycles. The number of hydrogen-bond donors (Lipinski definition) is 1. The number of methoxy groups -OCH3 is 1. The highest BCUT2D eigenvalue weighted by atomic mass is 16.5. The fourth-order valence-corrected chi connectivity index (χ4v) is 3.06. The van der Waals surface area contributed by atoms with Crippen molar-refractivity contribution in [1.29, 1.82) is 0 Å². The molecule has 0 radical (unpaired) electrons. The Morgan fingerprint density at radius 1 is 1.25 bits per heavy atom. The molecule has 0 saturated heterocycles. The SMILES string of the molecule is COc1ccc(OCc2nc(C(=O)NC(C)c3c(C)nn(C)c3C)co2)cc1. The van der Waals surface area contributed by atoms with Crippen LogP contribution in [0.2, 0.25) is 0 Å². The summed E-state index contributed by atoms with van der Waals surface area (Å²) in [5.74, 6) is 1.41. The Hall–Kier alpha value is -3.29. The quantitative estimate of drug-likeness (QED) is 0.673. The Morgan fingerprint density at radius 2 is 1.93 bits per heavy atom. The molecule has 0 aliphatic heterocycles. The molecule has 2 aromatic heterocycles. The summed E-state index contributed by atoms with van der Waals surface area (Å²) in [5.41, 5.74) is 3.11. The molecule has 3 aromatic rings. The third kappa shape index (κ3) is 4.16. The minimum absolute atomic E-state index is 0.121. The molecular weight excluding hydrogens is 360 g/mol. The van der Waals surface area contributed by atoms with Crippen molar-refractivity contribution in [2.45, 2.75) is 33.4 Å². The highest BCUT2D eigenvalue weighted by molar-refractivity contribution is 5.92. The van der Waals surface area contributed by atoms with Crippen LogP contribution in [-0.2, 0) is 13.7 Å². The Kier molecular flexibility index (Phi) is 5.67. The number of nitrogens with one attached hydrogen (secondary N) is 1. The zero-order valence-electron chi connectivity index (χ0n) is 16.6. The van der Waals surface area contributed by atoms with E-state index in [1.807, 2.05) is 27.8 Å². The molecule has 0 fully saturated rings. The van der Waals surface area contributed by atoms with E-state index < -0.39 is 0 Å². The van der Waals surface area contributed by atoms with E-state index in [0.29, 0.717) is 11.6 Å². The molecule has 0 aliphatic carbocycles. The summed E-state index contributed by atoms with van der Waals surface area (Å²) in [6.07, 6.45) is 1.33. The highest BCUT2D eigenvalue weighted by Crippen LogP contribution is 2.21. The largest absolute Gasteiger partial charge is 0.497 e. The van der Waals surface area contributed by atoms with Gasteiger partial charge in [-0.3, -0.25) is 9.48 Å². The second-order valence-corrected chi connectivity index (χ2v) is 6.49. The first-order chi connectivity index (χ1) is 13.4. The van der Waals surface area contributed by atoms with E-state index in [-0.39, 0.29) is 24.2 Å². The lowest BCUT2D eigenvalue weighted by atomic mass is 10.1. The summed E-state index contributed by atoms with van der Waals surface area (Å²) in [6.45, 7) is 5.94. The van der Waals surface area contributed by atoms with E-state index in [0.717, 1.165) is 22.7 Å². The van der Waals surface area contributed by atoms with Crippen LogP contribution in [0.15, 0.2) is 34.9 Å². The molecule has 0 spiro atoms. The minimum atomic E-state index is -0.311. The van der Waals surface area contributed by atoms with Crippen molar-refractivity contribution in [2.24, 2.45) is 7.05 Å². The number of carbonyl (C=O) groups excluding carboxylic acids is 1. The van der Waals surface area contributed by atoms with Crippen LogP contribution in [0.1, 0.15) is 46.3 Å². The van der Waals surface area contributed by atoms with Crippen LogP contribution in [0.25, 0.3) is 0 Å². The smallest absolute Gasteiger partial charge is 0.273 e. The van der Waals surface area contributed by atoms with Crippen molar-refractivity contribution in [2.75, 3.05) is 7.11 Å². The fraction of sp³-hybridized carbons (Fsp3) is 0.350. The van der Waals surface area contributed by atoms with Gasteiger partial charge in [0.1, 0.15) is 17.8 Å². The van der Waals surface area contributed by atoms with E-state index in [4.69, 9.17) is 13.9 Å². The van der Waals surface area contributed by atoms with Crippen LogP contribution in [0, 0.1) is 13.8 Å². The van der Waals surface area contributed by atoms with E-state index >= 15 is 0 Å². The molecule has 8 heteroatoms. The zero-order valence-corrected chi connectivity index (χ0v) is 16.6. The number of hydrogen-bond acceptors (Lipinski definition) is 6. The van der Waals surface area contributed by atoms with Crippen LogP contribution in [0.5, 0.6) is 11.5 Å². The molecule has 28 heavy (non-hydrogen) atoms. The van der Waals surface area contributed by atoms with Gasteiger partial charge >= 0.3 is 0 Å². The zero-order chi connectivity index (χ0) is 20.3. The Bertz CT molecular complexity index is 959. The third-order valence-electron chi connectivity index (χ3n) is 4.55. The summed E-state index contributed by atoms with van der Waals surface area (Å²) in [4.78, 5) is 16.7. The number of oxazole rings is 1. The molecule has 0 aliphatic rings. The van der Waals surface area contributed by atoms with E-state index in [2.05, 4.69) is 15.4 Å². The third-order valence-corrected chi connectivity index (χ3v) is 4.55. The lowest BCUT2D eigenvalue weighted by Gasteiger charge is -2.13. The minimum Gasteiger partial charge on any atom is -0.497 e. The lowest BCUT2D eigenvalue weighted by Crippen LogP contribution is -2.27. The van der Waals surface area contributed by atoms with Gasteiger partial charge in [-0.2, -0.15) is 5.10 Å². The average Bonchev–Trinajstić information content (AvgIpc) is 3.25. The summed E-state index contributed by atoms with van der Waals surface area (Å²) in [5, 5.41) is 7.32. The number of carbonyl (C=O) groups is 1. The van der Waals surface area contributed by atoms with Gasteiger partial charge in [0.25, 0.3) is 5.91 Å². The van der Waals surface area contributed by atoms with Gasteiger partial charge in [-0.1, -0.05) is 0 Å². The van der Waals surface area contributed by atoms with Gasteiger partial charge in [0.05, 0.1) is 18.8 Å². The summed E-state index contributed by atoms with van der Waals surface area (Å²) in [7, 11) is 3.49. The molecule has 1 atom stereocenters. The first-order valence-electron chi connectivity index (χ1n) is 8.91. The molecule has 8 nitrogen and oxygen atoms in total. The molecular formula is C20H24N4O4. The normalized spacial score (nSPS) is 11.9. The molecule has 1 aromatic carbocycles. The summed E-state index contributed by atoms with van der Waals surface area (Å²) in [6, 6.07) is 6.98. The molecule has 1 unspecified atom stereocenters. The molecule has 2 heterocycles. The van der Waals surface area contributed by atoms with Crippen LogP contribution >= 0.6 is 0 Å². The van der Waals surface area contributed by atoms with Crippen LogP contribution in [0.4, 0.5) is 0 Å². The summed E-state index contributed by atoms with van der Waals surface area (Å²) < 4.78 is 17.9. The van der Waals surface area contributed by atoms with E-state index in [9.17, 15) is 4.79 Å². The van der Waals surface area contributed by atoms with Crippen molar-refractivity contribution in [3.8, 4) is 11.5 Å². The second-order valence-electron chi connectivity index (χ2n) is 6.49. The number of benzene rings is 1. The van der Waals surface area contributed by atoms with Gasteiger partial charge in [0, 0.05) is 18.3 Å². The number of ether oxygens (including phenoxy) is 2. The van der Waals surface area contributed by atoms with Crippen LogP contribution in [-0.4, -0.2) is 27.8 Å². The van der Waals surface area contributed by atoms with E-state index in [1.54, 1.807) is 36.1 Å². The second kappa shape index (κ2) is 8.16. The number of rotatable bonds is 7. The Balaban J connectivity index is 1.60. The fourth-order valence-electron chi connectivity index (χ4n) is 3.06. The van der Waals surface area contributed by atoms with Crippen molar-refractivity contribution in [3.63, 3.8) is 0 Å². The number of nitrogens with zero attached hydrogens (tertiary/aromatic N) is 3. The Labute approximate surface area is 163 Å². The maximum Gasteiger partial charge on any atom is 0.273 e. The van der Waals surface area contributed by atoms with E-state index in [1.165, 1.54) is 6.26 Å². The van der Waals surface area contributed by atoms with Gasteiger partial charge in [0.2, 0.25) is 5.89 Å². The maximum atomic E-state index is 12.5. The van der Waals surface area contributed by atoms with Crippen molar-refractivity contribution < 1.29 is 18.7 Å². The van der Waals surface area contributed by atoms with Crippen molar-refractivity contribution in [3.05, 3.63) is 59.1 Å². The lowest BCUT2D eigenvalue weighted by molar-refractivity contribution is 0.0934. The van der Waals surface area contributed by atoms with Gasteiger partial charge in [0.15, 0.2) is 12.3 Å². The van der Waals surface area contributed by atoms with Crippen molar-refractivity contribution in [1.82, 2.24) is 20.1 Å².